The zero-order valence-corrected chi connectivity index (χ0v) is 11.7. The molecule has 0 aliphatic carbocycles. The van der Waals surface area contributed by atoms with Crippen molar-refractivity contribution in [3.8, 4) is 5.75 Å². The van der Waals surface area contributed by atoms with E-state index < -0.39 is 5.54 Å². The van der Waals surface area contributed by atoms with Crippen molar-refractivity contribution in [2.45, 2.75) is 5.54 Å². The van der Waals surface area contributed by atoms with Gasteiger partial charge in [0.25, 0.3) is 0 Å². The predicted molar refractivity (Wildman–Crippen MR) is 81.9 cm³/mol. The number of benzene rings is 2. The second kappa shape index (κ2) is 4.22. The average molecular weight is 277 g/mol. The third-order valence-corrected chi connectivity index (χ3v) is 4.39. The second-order valence-corrected chi connectivity index (χ2v) is 5.35. The number of rotatable bonds is 2. The summed E-state index contributed by atoms with van der Waals surface area (Å²) in [6.07, 6.45) is 4.09. The van der Waals surface area contributed by atoms with Gasteiger partial charge in [0.15, 0.2) is 5.78 Å². The van der Waals surface area contributed by atoms with Gasteiger partial charge in [-0.05, 0) is 35.9 Å². The van der Waals surface area contributed by atoms with Gasteiger partial charge in [0, 0.05) is 17.8 Å². The van der Waals surface area contributed by atoms with E-state index in [1.54, 1.807) is 7.11 Å². The van der Waals surface area contributed by atoms with Gasteiger partial charge in [0.2, 0.25) is 0 Å². The number of nitrogens with zero attached hydrogens (tertiary/aromatic N) is 1. The van der Waals surface area contributed by atoms with Gasteiger partial charge in [-0.1, -0.05) is 30.3 Å². The number of para-hydroxylation sites is 1. The highest BCUT2D eigenvalue weighted by atomic mass is 16.5. The molecule has 2 aromatic rings. The van der Waals surface area contributed by atoms with Crippen LogP contribution < -0.4 is 9.64 Å². The van der Waals surface area contributed by atoms with E-state index in [4.69, 9.17) is 4.74 Å². The SMILES string of the molecule is COc1ccc(C23C=CCN2c2ccccc2C3=O)cc1. The average Bonchev–Trinajstić information content (AvgIpc) is 3.08. The Hall–Kier alpha value is -2.55. The predicted octanol–water partition coefficient (Wildman–Crippen LogP) is 3.16. The van der Waals surface area contributed by atoms with Crippen molar-refractivity contribution >= 4 is 11.5 Å². The molecule has 0 N–H and O–H groups in total. The lowest BCUT2D eigenvalue weighted by molar-refractivity contribution is 0.0935. The minimum absolute atomic E-state index is 0.150. The lowest BCUT2D eigenvalue weighted by Gasteiger charge is -2.32. The number of methoxy groups -OCH3 is 1. The summed E-state index contributed by atoms with van der Waals surface area (Å²) >= 11 is 0. The Labute approximate surface area is 123 Å². The molecule has 3 nitrogen and oxygen atoms in total. The summed E-state index contributed by atoms with van der Waals surface area (Å²) in [7, 11) is 1.64. The molecule has 3 heteroatoms. The number of ketones is 1. The van der Waals surface area contributed by atoms with Crippen LogP contribution in [0.2, 0.25) is 0 Å². The Morgan fingerprint density at radius 3 is 2.62 bits per heavy atom. The summed E-state index contributed by atoms with van der Waals surface area (Å²) in [4.78, 5) is 15.2. The summed E-state index contributed by atoms with van der Waals surface area (Å²) in [5.74, 6) is 0.948. The number of carbonyl (C=O) groups is 1. The number of Topliss-reactive ketones (excluding diaryl/α,β-unsaturated/α-hetero) is 1. The summed E-state index contributed by atoms with van der Waals surface area (Å²) in [5.41, 5.74) is 2.12. The Balaban J connectivity index is 1.90. The van der Waals surface area contributed by atoms with E-state index in [1.807, 2.05) is 54.6 Å². The van der Waals surface area contributed by atoms with Crippen molar-refractivity contribution in [3.63, 3.8) is 0 Å². The molecular formula is C18H15NO2. The first-order chi connectivity index (χ1) is 10.3. The number of fused-ring (bicyclic) bond motifs is 3. The molecule has 1 atom stereocenters. The summed E-state index contributed by atoms with van der Waals surface area (Å²) in [5, 5.41) is 0. The van der Waals surface area contributed by atoms with E-state index in [0.29, 0.717) is 0 Å². The molecule has 0 bridgehead atoms. The molecule has 0 aromatic heterocycles. The van der Waals surface area contributed by atoms with E-state index in [1.165, 1.54) is 0 Å². The lowest BCUT2D eigenvalue weighted by Crippen LogP contribution is -2.42. The van der Waals surface area contributed by atoms with Crippen LogP contribution in [0.5, 0.6) is 5.75 Å². The largest absolute Gasteiger partial charge is 0.497 e. The number of ether oxygens (including phenoxy) is 1. The molecule has 2 aromatic carbocycles. The van der Waals surface area contributed by atoms with Crippen LogP contribution in [0.15, 0.2) is 60.7 Å². The van der Waals surface area contributed by atoms with Crippen molar-refractivity contribution in [1.82, 2.24) is 0 Å². The first-order valence-electron chi connectivity index (χ1n) is 7.01. The van der Waals surface area contributed by atoms with Crippen molar-refractivity contribution in [2.24, 2.45) is 0 Å². The van der Waals surface area contributed by atoms with Crippen LogP contribution in [-0.2, 0) is 5.54 Å². The number of carbonyl (C=O) groups excluding carboxylic acids is 1. The van der Waals surface area contributed by atoms with E-state index >= 15 is 0 Å². The van der Waals surface area contributed by atoms with Crippen LogP contribution in [0.3, 0.4) is 0 Å². The van der Waals surface area contributed by atoms with Crippen LogP contribution >= 0.6 is 0 Å². The van der Waals surface area contributed by atoms with Gasteiger partial charge in [-0.2, -0.15) is 0 Å². The standard InChI is InChI=1S/C18H15NO2/c1-21-14-9-7-13(8-10-14)18-11-4-12-19(18)16-6-3-2-5-15(16)17(18)20/h2-11H,12H2,1H3. The second-order valence-electron chi connectivity index (χ2n) is 5.35. The molecule has 1 unspecified atom stereocenters. The highest BCUT2D eigenvalue weighted by molar-refractivity contribution is 6.16. The van der Waals surface area contributed by atoms with Gasteiger partial charge in [0.1, 0.15) is 11.3 Å². The van der Waals surface area contributed by atoms with Gasteiger partial charge in [-0.15, -0.1) is 0 Å². The number of hydrogen-bond acceptors (Lipinski definition) is 3. The maximum Gasteiger partial charge on any atom is 0.199 e. The monoisotopic (exact) mass is 277 g/mol. The number of hydrogen-bond donors (Lipinski definition) is 0. The zero-order valence-electron chi connectivity index (χ0n) is 11.7. The highest BCUT2D eigenvalue weighted by Gasteiger charge is 2.52. The molecule has 2 heterocycles. The first kappa shape index (κ1) is 12.2. The Morgan fingerprint density at radius 1 is 1.10 bits per heavy atom. The van der Waals surface area contributed by atoms with Crippen molar-refractivity contribution in [1.29, 1.82) is 0 Å². The van der Waals surface area contributed by atoms with Crippen LogP contribution in [0.1, 0.15) is 15.9 Å². The van der Waals surface area contributed by atoms with E-state index in [0.717, 1.165) is 29.1 Å². The molecule has 104 valence electrons. The zero-order chi connectivity index (χ0) is 14.4. The van der Waals surface area contributed by atoms with Crippen LogP contribution in [-0.4, -0.2) is 19.4 Å². The molecule has 0 amide bonds. The molecule has 0 fully saturated rings. The molecule has 21 heavy (non-hydrogen) atoms. The molecule has 0 radical (unpaired) electrons. The Kier molecular flexibility index (Phi) is 2.45. The molecular weight excluding hydrogens is 262 g/mol. The van der Waals surface area contributed by atoms with Crippen molar-refractivity contribution in [3.05, 3.63) is 71.8 Å². The Morgan fingerprint density at radius 2 is 1.86 bits per heavy atom. The van der Waals surface area contributed by atoms with Gasteiger partial charge in [-0.25, -0.2) is 0 Å². The van der Waals surface area contributed by atoms with Crippen LogP contribution in [0, 0.1) is 0 Å². The minimum atomic E-state index is -0.685. The minimum Gasteiger partial charge on any atom is -0.497 e. The first-order valence-corrected chi connectivity index (χ1v) is 7.01. The highest BCUT2D eigenvalue weighted by Crippen LogP contribution is 2.48. The maximum atomic E-state index is 13.0. The molecule has 0 saturated carbocycles. The van der Waals surface area contributed by atoms with Gasteiger partial charge < -0.3 is 9.64 Å². The summed E-state index contributed by atoms with van der Waals surface area (Å²) in [6.45, 7) is 0.759. The smallest absolute Gasteiger partial charge is 0.199 e. The van der Waals surface area contributed by atoms with Gasteiger partial charge in [0.05, 0.1) is 7.11 Å². The van der Waals surface area contributed by atoms with E-state index in [9.17, 15) is 4.79 Å². The summed E-state index contributed by atoms with van der Waals surface area (Å²) < 4.78 is 5.21. The van der Waals surface area contributed by atoms with Gasteiger partial charge in [-0.3, -0.25) is 4.79 Å². The molecule has 0 saturated heterocycles. The quantitative estimate of drug-likeness (QED) is 0.790. The topological polar surface area (TPSA) is 29.5 Å². The molecule has 4 rings (SSSR count). The van der Waals surface area contributed by atoms with Crippen molar-refractivity contribution in [2.75, 3.05) is 18.6 Å². The maximum absolute atomic E-state index is 13.0. The molecule has 0 spiro atoms. The Bertz CT molecular complexity index is 748. The van der Waals surface area contributed by atoms with Crippen LogP contribution in [0.4, 0.5) is 5.69 Å². The summed E-state index contributed by atoms with van der Waals surface area (Å²) in [6, 6.07) is 15.6. The van der Waals surface area contributed by atoms with Gasteiger partial charge >= 0.3 is 0 Å². The van der Waals surface area contributed by atoms with E-state index in [-0.39, 0.29) is 5.78 Å². The molecule has 2 aliphatic rings. The fourth-order valence-electron chi connectivity index (χ4n) is 3.38. The lowest BCUT2D eigenvalue weighted by atomic mass is 9.86. The fraction of sp³-hybridized carbons (Fsp3) is 0.167. The van der Waals surface area contributed by atoms with Crippen molar-refractivity contribution < 1.29 is 9.53 Å². The number of anilines is 1. The third-order valence-electron chi connectivity index (χ3n) is 4.39. The van der Waals surface area contributed by atoms with E-state index in [2.05, 4.69) is 11.0 Å². The normalized spacial score (nSPS) is 22.3. The molecule has 2 aliphatic heterocycles. The third kappa shape index (κ3) is 1.46. The fourth-order valence-corrected chi connectivity index (χ4v) is 3.38. The van der Waals surface area contributed by atoms with Crippen LogP contribution in [0.25, 0.3) is 0 Å².